The molecule has 0 saturated carbocycles. The summed E-state index contributed by atoms with van der Waals surface area (Å²) in [6.45, 7) is 0.287. The quantitative estimate of drug-likeness (QED) is 0.473. The van der Waals surface area contributed by atoms with Crippen LogP contribution in [0.2, 0.25) is 0 Å². The van der Waals surface area contributed by atoms with E-state index in [-0.39, 0.29) is 18.7 Å². The number of pyridine rings is 1. The van der Waals surface area contributed by atoms with Crippen LogP contribution in [0.5, 0.6) is 0 Å². The summed E-state index contributed by atoms with van der Waals surface area (Å²) in [6, 6.07) is 9.94. The Hall–Kier alpha value is -2.76. The maximum atomic E-state index is 11.9. The van der Waals surface area contributed by atoms with E-state index < -0.39 is 16.0 Å². The predicted molar refractivity (Wildman–Crippen MR) is 72.7 cm³/mol. The highest BCUT2D eigenvalue weighted by Gasteiger charge is 2.12. The first-order valence-corrected chi connectivity index (χ1v) is 6.00. The van der Waals surface area contributed by atoms with Gasteiger partial charge in [-0.15, -0.1) is 0 Å². The van der Waals surface area contributed by atoms with Crippen molar-refractivity contribution in [1.29, 1.82) is 0 Å². The second-order valence-electron chi connectivity index (χ2n) is 4.23. The Morgan fingerprint density at radius 1 is 1.20 bits per heavy atom. The SMILES string of the molecule is O=C(CCn1ccc(=O)c([N+](=O)[O-])c1)c1ccccc1. The highest BCUT2D eigenvalue weighted by atomic mass is 16.6. The molecule has 0 saturated heterocycles. The number of Topliss-reactive ketones (excluding diaryl/α,β-unsaturated/α-hetero) is 1. The van der Waals surface area contributed by atoms with Gasteiger partial charge in [0.2, 0.25) is 0 Å². The zero-order chi connectivity index (χ0) is 14.5. The highest BCUT2D eigenvalue weighted by Crippen LogP contribution is 2.07. The van der Waals surface area contributed by atoms with Gasteiger partial charge in [-0.05, 0) is 0 Å². The number of carbonyl (C=O) groups excluding carboxylic acids is 1. The number of carbonyl (C=O) groups is 1. The first kappa shape index (κ1) is 13.7. The van der Waals surface area contributed by atoms with E-state index in [0.717, 1.165) is 12.3 Å². The first-order chi connectivity index (χ1) is 9.58. The minimum absolute atomic E-state index is 0.0491. The Balaban J connectivity index is 2.08. The molecule has 1 aromatic heterocycles. The number of hydrogen-bond donors (Lipinski definition) is 0. The molecule has 0 aliphatic carbocycles. The summed E-state index contributed by atoms with van der Waals surface area (Å²) in [5.74, 6) is -0.0491. The lowest BCUT2D eigenvalue weighted by Crippen LogP contribution is -2.12. The van der Waals surface area contributed by atoms with Crippen LogP contribution in [0.15, 0.2) is 53.6 Å². The number of benzene rings is 1. The lowest BCUT2D eigenvalue weighted by Gasteiger charge is -2.05. The topological polar surface area (TPSA) is 82.2 Å². The van der Waals surface area contributed by atoms with Gasteiger partial charge in [-0.1, -0.05) is 30.3 Å². The molecule has 0 fully saturated rings. The third kappa shape index (κ3) is 3.17. The van der Waals surface area contributed by atoms with E-state index in [9.17, 15) is 19.7 Å². The van der Waals surface area contributed by atoms with E-state index in [1.165, 1.54) is 10.8 Å². The highest BCUT2D eigenvalue weighted by molar-refractivity contribution is 5.95. The van der Waals surface area contributed by atoms with Gasteiger partial charge in [0.25, 0.3) is 5.43 Å². The Bertz CT molecular complexity index is 692. The summed E-state index contributed by atoms with van der Waals surface area (Å²) in [5.41, 5.74) is -0.525. The van der Waals surface area contributed by atoms with E-state index >= 15 is 0 Å². The first-order valence-electron chi connectivity index (χ1n) is 6.00. The molecule has 0 bridgehead atoms. The molecule has 20 heavy (non-hydrogen) atoms. The van der Waals surface area contributed by atoms with Gasteiger partial charge < -0.3 is 4.57 Å². The number of rotatable bonds is 5. The molecule has 0 unspecified atom stereocenters. The molecule has 2 aromatic rings. The summed E-state index contributed by atoms with van der Waals surface area (Å²) >= 11 is 0. The zero-order valence-corrected chi connectivity index (χ0v) is 10.6. The normalized spacial score (nSPS) is 10.2. The van der Waals surface area contributed by atoms with E-state index in [4.69, 9.17) is 0 Å². The summed E-state index contributed by atoms with van der Waals surface area (Å²) in [4.78, 5) is 33.1. The molecule has 0 atom stereocenters. The Morgan fingerprint density at radius 3 is 2.55 bits per heavy atom. The van der Waals surface area contributed by atoms with Crippen LogP contribution in [-0.4, -0.2) is 15.3 Å². The van der Waals surface area contributed by atoms with Gasteiger partial charge in [-0.2, -0.15) is 0 Å². The smallest absolute Gasteiger partial charge is 0.332 e. The fourth-order valence-electron chi connectivity index (χ4n) is 1.79. The van der Waals surface area contributed by atoms with Gasteiger partial charge in [0.1, 0.15) is 0 Å². The van der Waals surface area contributed by atoms with Gasteiger partial charge in [-0.3, -0.25) is 19.7 Å². The fourth-order valence-corrected chi connectivity index (χ4v) is 1.79. The number of hydrogen-bond acceptors (Lipinski definition) is 4. The monoisotopic (exact) mass is 272 g/mol. The maximum absolute atomic E-state index is 11.9. The van der Waals surface area contributed by atoms with Crippen molar-refractivity contribution >= 4 is 11.5 Å². The van der Waals surface area contributed by atoms with Gasteiger partial charge in [0.15, 0.2) is 5.78 Å². The van der Waals surface area contributed by atoms with Crippen molar-refractivity contribution in [2.45, 2.75) is 13.0 Å². The summed E-state index contributed by atoms with van der Waals surface area (Å²) < 4.78 is 1.47. The van der Waals surface area contributed by atoms with E-state index in [2.05, 4.69) is 0 Å². The minimum atomic E-state index is -0.724. The molecule has 0 aliphatic heterocycles. The standard InChI is InChI=1S/C14H12N2O4/c17-13(11-4-2-1-3-5-11)6-8-15-9-7-14(18)12(10-15)16(19)20/h1-5,7,9-10H,6,8H2. The molecule has 6 nitrogen and oxygen atoms in total. The number of ketones is 1. The van der Waals surface area contributed by atoms with Crippen LogP contribution in [0.3, 0.4) is 0 Å². The number of nitro groups is 1. The molecule has 0 aliphatic rings. The molecule has 1 heterocycles. The second-order valence-corrected chi connectivity index (χ2v) is 4.23. The van der Waals surface area contributed by atoms with Crippen molar-refractivity contribution in [3.63, 3.8) is 0 Å². The number of aryl methyl sites for hydroxylation is 1. The summed E-state index contributed by atoms with van der Waals surface area (Å²) in [5, 5.41) is 10.7. The lowest BCUT2D eigenvalue weighted by molar-refractivity contribution is -0.386. The van der Waals surface area contributed by atoms with Gasteiger partial charge in [0.05, 0.1) is 11.1 Å². The number of aromatic nitrogens is 1. The van der Waals surface area contributed by atoms with Crippen molar-refractivity contribution in [3.8, 4) is 0 Å². The molecule has 0 spiro atoms. The third-order valence-corrected chi connectivity index (χ3v) is 2.85. The van der Waals surface area contributed by atoms with Gasteiger partial charge in [-0.25, -0.2) is 0 Å². The Morgan fingerprint density at radius 2 is 1.90 bits per heavy atom. The molecule has 6 heteroatoms. The largest absolute Gasteiger partial charge is 0.348 e. The molecule has 0 amide bonds. The molecule has 2 rings (SSSR count). The van der Waals surface area contributed by atoms with Crippen molar-refractivity contribution in [3.05, 3.63) is 74.7 Å². The van der Waals surface area contributed by atoms with E-state index in [1.54, 1.807) is 24.3 Å². The molecular formula is C14H12N2O4. The molecule has 1 aromatic carbocycles. The van der Waals surface area contributed by atoms with Crippen LogP contribution in [-0.2, 0) is 6.54 Å². The van der Waals surface area contributed by atoms with Crippen molar-refractivity contribution < 1.29 is 9.72 Å². The zero-order valence-electron chi connectivity index (χ0n) is 10.6. The molecule has 102 valence electrons. The Labute approximate surface area is 114 Å². The van der Waals surface area contributed by atoms with Crippen molar-refractivity contribution in [1.82, 2.24) is 4.57 Å². The minimum Gasteiger partial charge on any atom is -0.348 e. The summed E-state index contributed by atoms with van der Waals surface area (Å²) in [7, 11) is 0. The molecule has 0 N–H and O–H groups in total. The second kappa shape index (κ2) is 5.92. The van der Waals surface area contributed by atoms with Crippen LogP contribution >= 0.6 is 0 Å². The van der Waals surface area contributed by atoms with Crippen LogP contribution in [0, 0.1) is 10.1 Å². The van der Waals surface area contributed by atoms with E-state index in [0.29, 0.717) is 5.56 Å². The lowest BCUT2D eigenvalue weighted by atomic mass is 10.1. The van der Waals surface area contributed by atoms with Crippen LogP contribution in [0.4, 0.5) is 5.69 Å². The van der Waals surface area contributed by atoms with Gasteiger partial charge >= 0.3 is 5.69 Å². The van der Waals surface area contributed by atoms with Gasteiger partial charge in [0, 0.05) is 30.8 Å². The Kier molecular flexibility index (Phi) is 4.05. The van der Waals surface area contributed by atoms with Crippen LogP contribution in [0.1, 0.15) is 16.8 Å². The average molecular weight is 272 g/mol. The predicted octanol–water partition coefficient (Wildman–Crippen LogP) is 2.03. The third-order valence-electron chi connectivity index (χ3n) is 2.85. The summed E-state index contributed by atoms with van der Waals surface area (Å²) in [6.07, 6.45) is 2.80. The van der Waals surface area contributed by atoms with Crippen LogP contribution in [0.25, 0.3) is 0 Å². The van der Waals surface area contributed by atoms with Crippen LogP contribution < -0.4 is 5.43 Å². The fraction of sp³-hybridized carbons (Fsp3) is 0.143. The molecule has 0 radical (unpaired) electrons. The van der Waals surface area contributed by atoms with Crippen molar-refractivity contribution in [2.24, 2.45) is 0 Å². The number of nitrogens with zero attached hydrogens (tertiary/aromatic N) is 2. The van der Waals surface area contributed by atoms with E-state index in [1.807, 2.05) is 6.07 Å². The average Bonchev–Trinajstić information content (AvgIpc) is 2.46. The van der Waals surface area contributed by atoms with Crippen molar-refractivity contribution in [2.75, 3.05) is 0 Å². The maximum Gasteiger partial charge on any atom is 0.332 e. The molecular weight excluding hydrogens is 260 g/mol.